The molecule has 0 amide bonds. The van der Waals surface area contributed by atoms with Gasteiger partial charge in [-0.3, -0.25) is 4.98 Å². The van der Waals surface area contributed by atoms with Crippen molar-refractivity contribution in [3.8, 4) is 5.75 Å². The van der Waals surface area contributed by atoms with Crippen LogP contribution in [0.3, 0.4) is 0 Å². The van der Waals surface area contributed by atoms with Crippen molar-refractivity contribution in [1.29, 1.82) is 0 Å². The van der Waals surface area contributed by atoms with Crippen LogP contribution >= 0.6 is 0 Å². The Kier molecular flexibility index (Phi) is 6.04. The molecule has 0 radical (unpaired) electrons. The number of ether oxygens (including phenoxy) is 1. The van der Waals surface area contributed by atoms with Gasteiger partial charge in [-0.15, -0.1) is 0 Å². The van der Waals surface area contributed by atoms with Crippen molar-refractivity contribution < 1.29 is 18.3 Å². The number of phenolic OH excluding ortho intramolecular Hbond substituents is 1. The molecule has 2 aromatic carbocycles. The minimum atomic E-state index is -3.17. The zero-order valence-corrected chi connectivity index (χ0v) is 20.3. The Hall–Kier alpha value is -2.96. The summed E-state index contributed by atoms with van der Waals surface area (Å²) in [5, 5.41) is 11.6. The molecular weight excluding hydrogens is 446 g/mol. The largest absolute Gasteiger partial charge is 0.507 e. The second kappa shape index (κ2) is 9.01. The van der Waals surface area contributed by atoms with Crippen molar-refractivity contribution in [3.63, 3.8) is 0 Å². The Balaban J connectivity index is 1.50. The number of hydrogen-bond donors (Lipinski definition) is 1. The lowest BCUT2D eigenvalue weighted by Crippen LogP contribution is -2.19. The minimum absolute atomic E-state index is 0.160. The summed E-state index contributed by atoms with van der Waals surface area (Å²) in [6, 6.07) is 17.3. The molecule has 0 aliphatic carbocycles. The maximum atomic E-state index is 12.7. The summed E-state index contributed by atoms with van der Waals surface area (Å²) in [6.45, 7) is 4.37. The van der Waals surface area contributed by atoms with E-state index < -0.39 is 15.1 Å². The van der Waals surface area contributed by atoms with Crippen molar-refractivity contribution in [2.24, 2.45) is 5.92 Å². The summed E-state index contributed by atoms with van der Waals surface area (Å²) in [6.07, 6.45) is 5.10. The zero-order valence-electron chi connectivity index (χ0n) is 19.4. The first-order valence-corrected chi connectivity index (χ1v) is 13.5. The van der Waals surface area contributed by atoms with Crippen LogP contribution in [0.5, 0.6) is 5.75 Å². The summed E-state index contributed by atoms with van der Waals surface area (Å²) < 4.78 is 31.4. The monoisotopic (exact) mass is 475 g/mol. The lowest BCUT2D eigenvalue weighted by molar-refractivity contribution is 0.118. The third kappa shape index (κ3) is 4.17. The summed E-state index contributed by atoms with van der Waals surface area (Å²) in [4.78, 5) is 4.58. The molecule has 6 heteroatoms. The molecule has 1 fully saturated rings. The predicted octanol–water partition coefficient (Wildman–Crippen LogP) is 5.41. The van der Waals surface area contributed by atoms with E-state index in [9.17, 15) is 13.5 Å². The van der Waals surface area contributed by atoms with Crippen LogP contribution in [0, 0.1) is 5.92 Å². The van der Waals surface area contributed by atoms with Crippen LogP contribution in [0.2, 0.25) is 0 Å². The van der Waals surface area contributed by atoms with E-state index >= 15 is 0 Å². The van der Waals surface area contributed by atoms with E-state index in [2.05, 4.69) is 24.9 Å². The van der Waals surface area contributed by atoms with Gasteiger partial charge in [0.1, 0.15) is 11.0 Å². The fourth-order valence-electron chi connectivity index (χ4n) is 5.17. The first kappa shape index (κ1) is 22.8. The molecule has 0 unspecified atom stereocenters. The topological polar surface area (TPSA) is 76.5 Å². The maximum Gasteiger partial charge on any atom is 0.163 e. The molecule has 1 saturated heterocycles. The van der Waals surface area contributed by atoms with Crippen LogP contribution in [0.15, 0.2) is 71.9 Å². The molecule has 34 heavy (non-hydrogen) atoms. The lowest BCUT2D eigenvalue weighted by atomic mass is 9.91. The highest BCUT2D eigenvalue weighted by atomic mass is 32.2. The van der Waals surface area contributed by atoms with Crippen LogP contribution in [-0.4, -0.2) is 42.2 Å². The maximum absolute atomic E-state index is 12.7. The molecule has 0 bridgehead atoms. The van der Waals surface area contributed by atoms with Gasteiger partial charge in [-0.1, -0.05) is 50.2 Å². The first-order valence-electron chi connectivity index (χ1n) is 11.7. The van der Waals surface area contributed by atoms with Gasteiger partial charge in [-0.2, -0.15) is 0 Å². The number of nitrogens with zero attached hydrogens (tertiary/aromatic N) is 1. The van der Waals surface area contributed by atoms with Gasteiger partial charge < -0.3 is 9.84 Å². The predicted molar refractivity (Wildman–Crippen MR) is 136 cm³/mol. The van der Waals surface area contributed by atoms with Gasteiger partial charge in [0, 0.05) is 11.6 Å². The van der Waals surface area contributed by atoms with E-state index in [-0.39, 0.29) is 30.1 Å². The molecule has 3 aromatic rings. The van der Waals surface area contributed by atoms with Crippen molar-refractivity contribution in [3.05, 3.63) is 83.2 Å². The van der Waals surface area contributed by atoms with Gasteiger partial charge in [0.2, 0.25) is 0 Å². The Morgan fingerprint density at radius 2 is 1.88 bits per heavy atom. The van der Waals surface area contributed by atoms with Crippen molar-refractivity contribution in [1.82, 2.24) is 4.98 Å². The number of fused-ring (bicyclic) bond motifs is 2. The van der Waals surface area contributed by atoms with E-state index in [0.717, 1.165) is 38.7 Å². The molecule has 0 saturated carbocycles. The number of rotatable bonds is 6. The second-order valence-corrected chi connectivity index (χ2v) is 11.6. The van der Waals surface area contributed by atoms with Crippen LogP contribution in [0.25, 0.3) is 22.4 Å². The number of hydrogen-bond acceptors (Lipinski definition) is 5. The molecule has 2 aliphatic rings. The molecule has 5 nitrogen and oxygen atoms in total. The van der Waals surface area contributed by atoms with E-state index in [1.54, 1.807) is 12.3 Å². The number of aromatic nitrogens is 1. The smallest absolute Gasteiger partial charge is 0.163 e. The Bertz CT molecular complexity index is 1390. The Morgan fingerprint density at radius 3 is 2.62 bits per heavy atom. The number of benzene rings is 2. The van der Waals surface area contributed by atoms with Crippen LogP contribution < -0.4 is 0 Å². The third-order valence-electron chi connectivity index (χ3n) is 6.93. The van der Waals surface area contributed by atoms with Gasteiger partial charge in [0.05, 0.1) is 24.2 Å². The quantitative estimate of drug-likeness (QED) is 0.483. The van der Waals surface area contributed by atoms with Crippen LogP contribution in [-0.2, 0) is 14.6 Å². The fraction of sp³-hybridized carbons (Fsp3) is 0.321. The highest BCUT2D eigenvalue weighted by Gasteiger charge is 2.47. The van der Waals surface area contributed by atoms with E-state index in [4.69, 9.17) is 4.74 Å². The lowest BCUT2D eigenvalue weighted by Gasteiger charge is -2.17. The van der Waals surface area contributed by atoms with Gasteiger partial charge in [0.15, 0.2) is 9.84 Å². The number of pyridine rings is 1. The van der Waals surface area contributed by atoms with E-state index in [0.29, 0.717) is 12.8 Å². The Labute approximate surface area is 200 Å². The molecule has 2 aliphatic heterocycles. The normalized spacial score (nSPS) is 22.0. The van der Waals surface area contributed by atoms with Crippen molar-refractivity contribution in [2.45, 2.75) is 38.0 Å². The van der Waals surface area contributed by atoms with Gasteiger partial charge in [-0.05, 0) is 70.7 Å². The molecule has 3 heterocycles. The first-order chi connectivity index (χ1) is 16.3. The van der Waals surface area contributed by atoms with Crippen molar-refractivity contribution >= 4 is 32.3 Å². The Morgan fingerprint density at radius 1 is 1.12 bits per heavy atom. The second-order valence-electron chi connectivity index (χ2n) is 9.40. The molecular formula is C28H29NO4S. The molecule has 176 valence electrons. The highest BCUT2D eigenvalue weighted by Crippen LogP contribution is 2.41. The molecule has 0 spiro atoms. The van der Waals surface area contributed by atoms with Crippen LogP contribution in [0.4, 0.5) is 0 Å². The third-order valence-corrected chi connectivity index (χ3v) is 8.91. The fourth-order valence-corrected chi connectivity index (χ4v) is 7.28. The van der Waals surface area contributed by atoms with Gasteiger partial charge >= 0.3 is 0 Å². The number of allylic oxidation sites excluding steroid dienone is 1. The van der Waals surface area contributed by atoms with E-state index in [1.165, 1.54) is 0 Å². The molecule has 2 atom stereocenters. The summed E-state index contributed by atoms with van der Waals surface area (Å²) in [5.41, 5.74) is 4.96. The summed E-state index contributed by atoms with van der Waals surface area (Å²) in [5.74, 6) is 0.605. The minimum Gasteiger partial charge on any atom is -0.507 e. The average molecular weight is 476 g/mol. The number of aromatic hydroxyl groups is 1. The molecule has 1 N–H and O–H groups in total. The number of sulfone groups is 1. The van der Waals surface area contributed by atoms with Crippen LogP contribution in [0.1, 0.15) is 37.9 Å². The highest BCUT2D eigenvalue weighted by molar-refractivity contribution is 7.92. The number of phenols is 1. The molecule has 1 aromatic heterocycles. The summed E-state index contributed by atoms with van der Waals surface area (Å²) in [7, 11) is -3.17. The van der Waals surface area contributed by atoms with Gasteiger partial charge in [0.25, 0.3) is 0 Å². The van der Waals surface area contributed by atoms with Crippen molar-refractivity contribution in [2.75, 3.05) is 12.4 Å². The zero-order chi connectivity index (χ0) is 23.9. The summed E-state index contributed by atoms with van der Waals surface area (Å²) >= 11 is 0. The van der Waals surface area contributed by atoms with E-state index in [1.807, 2.05) is 48.5 Å². The SMILES string of the molecule is CC(C)C1=C2[C@@H](CC/C(=C/c3ccc(O)c4ccccc34)c3ccccn3)OC[C@@H]2S(=O)(=O)C1. The molecule has 5 rings (SSSR count). The standard InChI is InChI=1S/C28H29NO4S/c1-18(2)23-17-34(31,32)27-16-33-26(28(23)27)13-11-20(24-9-5-6-14-29-24)15-19-10-12-25(30)22-8-4-3-7-21(19)22/h3-10,12,14-15,18,26-27,30H,11,13,16-17H2,1-2H3/b20-15-/t26-,27+/m1/s1. The van der Waals surface area contributed by atoms with Gasteiger partial charge in [-0.25, -0.2) is 8.42 Å². The average Bonchev–Trinajstić information content (AvgIpc) is 3.38.